The first-order valence-electron chi connectivity index (χ1n) is 11.1. The minimum absolute atomic E-state index is 0.0295. The maximum atomic E-state index is 12.4. The molecule has 0 saturated heterocycles. The van der Waals surface area contributed by atoms with E-state index in [1.807, 2.05) is 4.90 Å². The van der Waals surface area contributed by atoms with Crippen LogP contribution in [0.1, 0.15) is 57.6 Å². The van der Waals surface area contributed by atoms with Crippen LogP contribution >= 0.6 is 0 Å². The molecule has 4 nitrogen and oxygen atoms in total. The first-order chi connectivity index (χ1) is 13.6. The number of hydrogen-bond acceptors (Lipinski definition) is 3. The maximum Gasteiger partial charge on any atom is 0.246 e. The number of rotatable bonds is 12. The molecule has 156 valence electrons. The molecule has 1 aromatic carbocycles. The van der Waals surface area contributed by atoms with Crippen LogP contribution in [0.15, 0.2) is 30.9 Å². The Labute approximate surface area is 172 Å². The Morgan fingerprint density at radius 2 is 1.96 bits per heavy atom. The van der Waals surface area contributed by atoms with Gasteiger partial charge in [-0.05, 0) is 68.6 Å². The summed E-state index contributed by atoms with van der Waals surface area (Å²) in [6.45, 7) is 17.2. The predicted molar refractivity (Wildman–Crippen MR) is 120 cm³/mol. The molecular formula is C24H39N3O. The van der Waals surface area contributed by atoms with Crippen molar-refractivity contribution in [3.8, 4) is 0 Å². The molecule has 1 aliphatic rings. The van der Waals surface area contributed by atoms with Crippen LogP contribution in [-0.2, 0) is 17.8 Å². The molecule has 0 saturated carbocycles. The molecule has 0 unspecified atom stereocenters. The molecular weight excluding hydrogens is 346 g/mol. The maximum absolute atomic E-state index is 12.4. The molecule has 0 aliphatic carbocycles. The summed E-state index contributed by atoms with van der Waals surface area (Å²) in [5.41, 5.74) is 4.06. The van der Waals surface area contributed by atoms with Crippen molar-refractivity contribution in [2.75, 3.05) is 44.2 Å². The van der Waals surface area contributed by atoms with Gasteiger partial charge in [-0.3, -0.25) is 4.79 Å². The number of aryl methyl sites for hydroxylation is 1. The van der Waals surface area contributed by atoms with Crippen LogP contribution in [0.4, 0.5) is 5.69 Å². The summed E-state index contributed by atoms with van der Waals surface area (Å²) >= 11 is 0. The number of carbonyl (C=O) groups excluding carboxylic acids is 1. The van der Waals surface area contributed by atoms with Crippen molar-refractivity contribution >= 4 is 11.6 Å². The molecule has 0 atom stereocenters. The minimum Gasteiger partial charge on any atom is -0.371 e. The zero-order valence-corrected chi connectivity index (χ0v) is 18.3. The summed E-state index contributed by atoms with van der Waals surface area (Å²) in [4.78, 5) is 19.3. The highest BCUT2D eigenvalue weighted by atomic mass is 16.2. The van der Waals surface area contributed by atoms with Gasteiger partial charge in [0.1, 0.15) is 0 Å². The number of anilines is 1. The zero-order valence-electron chi connectivity index (χ0n) is 18.3. The second kappa shape index (κ2) is 11.9. The van der Waals surface area contributed by atoms with Crippen molar-refractivity contribution in [3.63, 3.8) is 0 Å². The van der Waals surface area contributed by atoms with E-state index >= 15 is 0 Å². The number of fused-ring (bicyclic) bond motifs is 1. The topological polar surface area (TPSA) is 26.8 Å². The van der Waals surface area contributed by atoms with Gasteiger partial charge < -0.3 is 14.7 Å². The third-order valence-electron chi connectivity index (χ3n) is 5.80. The third-order valence-corrected chi connectivity index (χ3v) is 5.80. The second-order valence-corrected chi connectivity index (χ2v) is 7.75. The lowest BCUT2D eigenvalue weighted by atomic mass is 9.98. The van der Waals surface area contributed by atoms with E-state index in [-0.39, 0.29) is 5.91 Å². The van der Waals surface area contributed by atoms with E-state index in [1.165, 1.54) is 48.7 Å². The number of hydrogen-bond donors (Lipinski definition) is 0. The zero-order chi connectivity index (χ0) is 20.4. The van der Waals surface area contributed by atoms with Gasteiger partial charge in [-0.25, -0.2) is 0 Å². The van der Waals surface area contributed by atoms with Gasteiger partial charge in [0.15, 0.2) is 0 Å². The summed E-state index contributed by atoms with van der Waals surface area (Å²) in [5, 5.41) is 0. The Morgan fingerprint density at radius 1 is 1.18 bits per heavy atom. The Morgan fingerprint density at radius 3 is 2.64 bits per heavy atom. The highest BCUT2D eigenvalue weighted by Crippen LogP contribution is 2.28. The summed E-state index contributed by atoms with van der Waals surface area (Å²) in [5.74, 6) is 0.0295. The Kier molecular flexibility index (Phi) is 9.56. The van der Waals surface area contributed by atoms with E-state index in [1.54, 1.807) is 0 Å². The summed E-state index contributed by atoms with van der Waals surface area (Å²) in [7, 11) is 0. The van der Waals surface area contributed by atoms with Gasteiger partial charge in [0, 0.05) is 31.9 Å². The third kappa shape index (κ3) is 6.37. The van der Waals surface area contributed by atoms with Crippen LogP contribution in [0.25, 0.3) is 0 Å². The van der Waals surface area contributed by atoms with Crippen LogP contribution < -0.4 is 4.90 Å². The van der Waals surface area contributed by atoms with Crippen LogP contribution in [0.2, 0.25) is 0 Å². The average Bonchev–Trinajstić information content (AvgIpc) is 2.73. The molecule has 0 N–H and O–H groups in total. The Bertz CT molecular complexity index is 624. The number of amides is 1. The van der Waals surface area contributed by atoms with Crippen LogP contribution in [0.5, 0.6) is 0 Å². The Hall–Kier alpha value is -1.81. The van der Waals surface area contributed by atoms with Crippen molar-refractivity contribution < 1.29 is 4.79 Å². The molecule has 1 aromatic rings. The van der Waals surface area contributed by atoms with Gasteiger partial charge >= 0.3 is 0 Å². The minimum atomic E-state index is 0.0295. The van der Waals surface area contributed by atoms with E-state index in [4.69, 9.17) is 0 Å². The molecule has 0 bridgehead atoms. The lowest BCUT2D eigenvalue weighted by molar-refractivity contribution is -0.126. The fourth-order valence-corrected chi connectivity index (χ4v) is 4.05. The molecule has 0 fully saturated rings. The van der Waals surface area contributed by atoms with Crippen molar-refractivity contribution in [2.24, 2.45) is 0 Å². The number of nitrogens with zero attached hydrogens (tertiary/aromatic N) is 3. The van der Waals surface area contributed by atoms with Crippen molar-refractivity contribution in [3.05, 3.63) is 42.0 Å². The number of benzene rings is 1. The Balaban J connectivity index is 2.03. The van der Waals surface area contributed by atoms with Crippen molar-refractivity contribution in [2.45, 2.75) is 59.4 Å². The highest BCUT2D eigenvalue weighted by molar-refractivity contribution is 5.87. The van der Waals surface area contributed by atoms with E-state index < -0.39 is 0 Å². The summed E-state index contributed by atoms with van der Waals surface area (Å²) < 4.78 is 0. The molecule has 1 aliphatic heterocycles. The molecule has 28 heavy (non-hydrogen) atoms. The van der Waals surface area contributed by atoms with Gasteiger partial charge in [0.2, 0.25) is 5.91 Å². The normalized spacial score (nSPS) is 13.5. The summed E-state index contributed by atoms with van der Waals surface area (Å²) in [6.07, 6.45) is 7.28. The van der Waals surface area contributed by atoms with Crippen molar-refractivity contribution in [1.29, 1.82) is 0 Å². The average molecular weight is 386 g/mol. The first-order valence-corrected chi connectivity index (χ1v) is 11.1. The first kappa shape index (κ1) is 22.5. The lowest BCUT2D eigenvalue weighted by Gasteiger charge is -2.32. The molecule has 4 heteroatoms. The fourth-order valence-electron chi connectivity index (χ4n) is 4.05. The highest BCUT2D eigenvalue weighted by Gasteiger charge is 2.18. The number of carbonyl (C=O) groups is 1. The van der Waals surface area contributed by atoms with E-state index in [0.29, 0.717) is 6.54 Å². The van der Waals surface area contributed by atoms with E-state index in [2.05, 4.69) is 55.3 Å². The SMILES string of the molecule is C=CC(=O)N(CCCN(CC)CC)Cc1ccc2c(c1)CCCN2CCCC. The largest absolute Gasteiger partial charge is 0.371 e. The van der Waals surface area contributed by atoms with E-state index in [0.717, 1.165) is 45.6 Å². The smallest absolute Gasteiger partial charge is 0.246 e. The van der Waals surface area contributed by atoms with Gasteiger partial charge in [-0.2, -0.15) is 0 Å². The van der Waals surface area contributed by atoms with Crippen LogP contribution in [-0.4, -0.2) is 55.0 Å². The fraction of sp³-hybridized carbons (Fsp3) is 0.625. The van der Waals surface area contributed by atoms with Gasteiger partial charge in [-0.15, -0.1) is 0 Å². The molecule has 1 amide bonds. The van der Waals surface area contributed by atoms with Gasteiger partial charge in [0.05, 0.1) is 0 Å². The molecule has 0 aromatic heterocycles. The van der Waals surface area contributed by atoms with Crippen LogP contribution in [0, 0.1) is 0 Å². The summed E-state index contributed by atoms with van der Waals surface area (Å²) in [6, 6.07) is 6.80. The molecule has 2 rings (SSSR count). The van der Waals surface area contributed by atoms with Gasteiger partial charge in [-0.1, -0.05) is 45.9 Å². The number of unbranched alkanes of at least 4 members (excludes halogenated alkanes) is 1. The molecule has 0 radical (unpaired) electrons. The van der Waals surface area contributed by atoms with Crippen molar-refractivity contribution in [1.82, 2.24) is 9.80 Å². The monoisotopic (exact) mass is 385 g/mol. The van der Waals surface area contributed by atoms with Gasteiger partial charge in [0.25, 0.3) is 0 Å². The predicted octanol–water partition coefficient (Wildman–Crippen LogP) is 4.49. The molecule has 0 spiro atoms. The second-order valence-electron chi connectivity index (χ2n) is 7.75. The quantitative estimate of drug-likeness (QED) is 0.496. The van der Waals surface area contributed by atoms with Crippen LogP contribution in [0.3, 0.4) is 0 Å². The van der Waals surface area contributed by atoms with E-state index in [9.17, 15) is 4.79 Å². The molecule has 1 heterocycles. The lowest BCUT2D eigenvalue weighted by Crippen LogP contribution is -2.33. The standard InChI is InChI=1S/C24H39N3O/c1-5-9-16-26-17-10-12-22-19-21(13-14-23(22)26)20-27(24(28)6-2)18-11-15-25(7-3)8-4/h6,13-14,19H,2,5,7-12,15-18,20H2,1,3-4H3.